The van der Waals surface area contributed by atoms with Gasteiger partial charge < -0.3 is 24.4 Å². The van der Waals surface area contributed by atoms with Crippen molar-refractivity contribution in [3.63, 3.8) is 0 Å². The average Bonchev–Trinajstić information content (AvgIpc) is 3.01. The van der Waals surface area contributed by atoms with Gasteiger partial charge in [-0.1, -0.05) is 24.3 Å². The Hall–Kier alpha value is -3.65. The lowest BCUT2D eigenvalue weighted by molar-refractivity contribution is -0.121. The quantitative estimate of drug-likeness (QED) is 0.454. The van der Waals surface area contributed by atoms with Crippen molar-refractivity contribution in [3.8, 4) is 17.2 Å². The molecule has 0 aromatic heterocycles. The van der Waals surface area contributed by atoms with E-state index < -0.39 is 0 Å². The van der Waals surface area contributed by atoms with Gasteiger partial charge in [-0.05, 0) is 60.9 Å². The number of nitrogens with one attached hydrogen (secondary N) is 1. The van der Waals surface area contributed by atoms with E-state index in [0.717, 1.165) is 33.0 Å². The monoisotopic (exact) mass is 506 g/mol. The van der Waals surface area contributed by atoms with Gasteiger partial charge in [-0.3, -0.25) is 9.59 Å². The lowest BCUT2D eigenvalue weighted by Crippen LogP contribution is -2.38. The van der Waals surface area contributed by atoms with Crippen LogP contribution < -0.4 is 24.4 Å². The second-order valence-electron chi connectivity index (χ2n) is 8.58. The number of anilines is 2. The Bertz CT molecular complexity index is 1270. The zero-order valence-electron chi connectivity index (χ0n) is 21.1. The lowest BCUT2D eigenvalue weighted by atomic mass is 10.1. The number of ether oxygens (including phenoxy) is 3. The molecule has 0 saturated heterocycles. The number of hydrogen-bond donors (Lipinski definition) is 1. The second kappa shape index (κ2) is 11.0. The van der Waals surface area contributed by atoms with Crippen molar-refractivity contribution in [1.82, 2.24) is 0 Å². The number of methoxy groups -OCH3 is 3. The van der Waals surface area contributed by atoms with Gasteiger partial charge in [0, 0.05) is 22.3 Å². The van der Waals surface area contributed by atoms with Crippen molar-refractivity contribution in [2.24, 2.45) is 0 Å². The summed E-state index contributed by atoms with van der Waals surface area (Å²) in [4.78, 5) is 29.1. The molecule has 36 heavy (non-hydrogen) atoms. The fourth-order valence-electron chi connectivity index (χ4n) is 4.23. The van der Waals surface area contributed by atoms with Crippen LogP contribution in [0.2, 0.25) is 0 Å². The second-order valence-corrected chi connectivity index (χ2v) is 9.83. The Morgan fingerprint density at radius 3 is 2.36 bits per heavy atom. The van der Waals surface area contributed by atoms with Crippen LogP contribution in [0.5, 0.6) is 17.2 Å². The lowest BCUT2D eigenvalue weighted by Gasteiger charge is -2.22. The van der Waals surface area contributed by atoms with Crippen molar-refractivity contribution < 1.29 is 23.8 Å². The summed E-state index contributed by atoms with van der Waals surface area (Å²) in [5.41, 5.74) is 4.37. The largest absolute Gasteiger partial charge is 0.493 e. The molecule has 4 rings (SSSR count). The number of nitrogens with zero attached hydrogens (tertiary/aromatic N) is 1. The summed E-state index contributed by atoms with van der Waals surface area (Å²) >= 11 is 1.58. The van der Waals surface area contributed by atoms with Gasteiger partial charge in [0.2, 0.25) is 17.6 Å². The molecule has 1 aliphatic rings. The minimum Gasteiger partial charge on any atom is -0.493 e. The highest BCUT2D eigenvalue weighted by Gasteiger charge is 2.31. The minimum atomic E-state index is -0.247. The number of thioether (sulfide) groups is 1. The van der Waals surface area contributed by atoms with Crippen LogP contribution in [-0.2, 0) is 9.59 Å². The maximum Gasteiger partial charge on any atom is 0.244 e. The van der Waals surface area contributed by atoms with E-state index in [0.29, 0.717) is 17.2 Å². The van der Waals surface area contributed by atoms with Crippen LogP contribution in [0, 0.1) is 13.8 Å². The molecule has 0 bridgehead atoms. The number of para-hydroxylation sites is 1. The van der Waals surface area contributed by atoms with Crippen LogP contribution in [0.25, 0.3) is 0 Å². The van der Waals surface area contributed by atoms with E-state index in [9.17, 15) is 9.59 Å². The molecule has 3 aromatic carbocycles. The summed E-state index contributed by atoms with van der Waals surface area (Å²) in [6, 6.07) is 17.3. The summed E-state index contributed by atoms with van der Waals surface area (Å²) in [7, 11) is 4.69. The Morgan fingerprint density at radius 2 is 1.69 bits per heavy atom. The third-order valence-corrected chi connectivity index (χ3v) is 7.44. The van der Waals surface area contributed by atoms with Gasteiger partial charge in [0.15, 0.2) is 11.5 Å². The highest BCUT2D eigenvalue weighted by molar-refractivity contribution is 7.99. The molecule has 0 radical (unpaired) electrons. The van der Waals surface area contributed by atoms with Crippen molar-refractivity contribution in [1.29, 1.82) is 0 Å². The molecule has 1 N–H and O–H groups in total. The molecule has 0 aliphatic carbocycles. The van der Waals surface area contributed by atoms with Gasteiger partial charge in [-0.25, -0.2) is 0 Å². The van der Waals surface area contributed by atoms with Crippen LogP contribution in [0.3, 0.4) is 0 Å². The van der Waals surface area contributed by atoms with Gasteiger partial charge in [-0.15, -0.1) is 11.8 Å². The van der Waals surface area contributed by atoms with Gasteiger partial charge in [0.25, 0.3) is 0 Å². The SMILES string of the molecule is COc1cc([C@@H]2CC(=O)N(CC(=O)Nc3cc(C)ccc3C)c3ccccc3S2)cc(OC)c1OC. The summed E-state index contributed by atoms with van der Waals surface area (Å²) in [6.45, 7) is 3.84. The summed E-state index contributed by atoms with van der Waals surface area (Å²) in [6.07, 6.45) is 0.203. The predicted molar refractivity (Wildman–Crippen MR) is 143 cm³/mol. The van der Waals surface area contributed by atoms with E-state index in [2.05, 4.69) is 5.32 Å². The highest BCUT2D eigenvalue weighted by Crippen LogP contribution is 2.49. The summed E-state index contributed by atoms with van der Waals surface area (Å²) in [5, 5.41) is 2.76. The van der Waals surface area contributed by atoms with E-state index in [-0.39, 0.29) is 30.0 Å². The van der Waals surface area contributed by atoms with E-state index in [1.807, 2.05) is 68.4 Å². The molecule has 2 amide bonds. The van der Waals surface area contributed by atoms with Gasteiger partial charge >= 0.3 is 0 Å². The maximum atomic E-state index is 13.5. The average molecular weight is 507 g/mol. The first-order valence-electron chi connectivity index (χ1n) is 11.6. The zero-order valence-corrected chi connectivity index (χ0v) is 21.9. The molecule has 8 heteroatoms. The molecule has 1 atom stereocenters. The highest BCUT2D eigenvalue weighted by atomic mass is 32.2. The predicted octanol–water partition coefficient (Wildman–Crippen LogP) is 5.54. The molecule has 7 nitrogen and oxygen atoms in total. The third-order valence-electron chi connectivity index (χ3n) is 6.11. The van der Waals surface area contributed by atoms with Gasteiger partial charge in [0.1, 0.15) is 6.54 Å². The van der Waals surface area contributed by atoms with Gasteiger partial charge in [-0.2, -0.15) is 0 Å². The number of benzene rings is 3. The number of aryl methyl sites for hydroxylation is 2. The van der Waals surface area contributed by atoms with Crippen LogP contribution in [0.1, 0.15) is 28.4 Å². The summed E-state index contributed by atoms with van der Waals surface area (Å²) in [5.74, 6) is 1.17. The van der Waals surface area contributed by atoms with Crippen LogP contribution in [0.15, 0.2) is 59.5 Å². The van der Waals surface area contributed by atoms with Crippen LogP contribution >= 0.6 is 11.8 Å². The number of carbonyl (C=O) groups excluding carboxylic acids is 2. The minimum absolute atomic E-state index is 0.0776. The molecule has 0 unspecified atom stereocenters. The van der Waals surface area contributed by atoms with Crippen molar-refractivity contribution >= 4 is 35.0 Å². The topological polar surface area (TPSA) is 77.1 Å². The normalized spacial score (nSPS) is 15.1. The Labute approximate surface area is 215 Å². The third kappa shape index (κ3) is 5.28. The molecular formula is C28H30N2O5S. The number of carbonyl (C=O) groups is 2. The number of amides is 2. The molecular weight excluding hydrogens is 476 g/mol. The van der Waals surface area contributed by atoms with Crippen LogP contribution in [0.4, 0.5) is 11.4 Å². The summed E-state index contributed by atoms with van der Waals surface area (Å²) < 4.78 is 16.5. The van der Waals surface area contributed by atoms with E-state index in [1.165, 1.54) is 0 Å². The Balaban J connectivity index is 1.64. The molecule has 1 aliphatic heterocycles. The van der Waals surface area contributed by atoms with Crippen molar-refractivity contribution in [2.75, 3.05) is 38.1 Å². The standard InChI is InChI=1S/C28H30N2O5S/c1-17-10-11-18(2)20(12-17)29-26(31)16-30-21-8-6-7-9-24(21)36-25(15-27(30)32)19-13-22(33-3)28(35-5)23(14-19)34-4/h6-14,25H,15-16H2,1-5H3,(H,29,31)/t25-/m0/s1. The van der Waals surface area contributed by atoms with E-state index in [4.69, 9.17) is 14.2 Å². The molecule has 188 valence electrons. The molecule has 0 saturated carbocycles. The first kappa shape index (κ1) is 25.4. The molecule has 0 fully saturated rings. The Kier molecular flexibility index (Phi) is 7.74. The van der Waals surface area contributed by atoms with Crippen molar-refractivity contribution in [2.45, 2.75) is 30.4 Å². The fourth-order valence-corrected chi connectivity index (χ4v) is 5.49. The first-order chi connectivity index (χ1) is 17.3. The van der Waals surface area contributed by atoms with E-state index >= 15 is 0 Å². The zero-order chi connectivity index (χ0) is 25.8. The van der Waals surface area contributed by atoms with Crippen molar-refractivity contribution in [3.05, 3.63) is 71.3 Å². The van der Waals surface area contributed by atoms with Crippen LogP contribution in [-0.4, -0.2) is 39.7 Å². The first-order valence-corrected chi connectivity index (χ1v) is 12.5. The molecule has 0 spiro atoms. The smallest absolute Gasteiger partial charge is 0.244 e. The Morgan fingerprint density at radius 1 is 1.00 bits per heavy atom. The van der Waals surface area contributed by atoms with Gasteiger partial charge in [0.05, 0.1) is 27.0 Å². The number of hydrogen-bond acceptors (Lipinski definition) is 6. The molecule has 3 aromatic rings. The number of fused-ring (bicyclic) bond motifs is 1. The molecule has 1 heterocycles. The number of rotatable bonds is 7. The maximum absolute atomic E-state index is 13.5. The fraction of sp³-hybridized carbons (Fsp3) is 0.286. The van der Waals surface area contributed by atoms with E-state index in [1.54, 1.807) is 38.0 Å².